The summed E-state index contributed by atoms with van der Waals surface area (Å²) in [5, 5.41) is 3.70. The van der Waals surface area contributed by atoms with E-state index in [4.69, 9.17) is 11.6 Å². The van der Waals surface area contributed by atoms with E-state index < -0.39 is 5.54 Å². The number of alkyl halides is 1. The van der Waals surface area contributed by atoms with Crippen molar-refractivity contribution in [1.82, 2.24) is 0 Å². The summed E-state index contributed by atoms with van der Waals surface area (Å²) < 4.78 is 0. The topological polar surface area (TPSA) is 12.0 Å². The molecule has 1 aliphatic carbocycles. The minimum atomic E-state index is -0.405. The van der Waals surface area contributed by atoms with Crippen molar-refractivity contribution in [1.29, 1.82) is 0 Å². The highest BCUT2D eigenvalue weighted by Gasteiger charge is 2.38. The fourth-order valence-corrected chi connectivity index (χ4v) is 4.68. The van der Waals surface area contributed by atoms with Crippen LogP contribution < -0.4 is 5.32 Å². The lowest BCUT2D eigenvalue weighted by Gasteiger charge is -2.38. The Kier molecular flexibility index (Phi) is 7.70. The number of hydrogen-bond donors (Lipinski definition) is 1. The van der Waals surface area contributed by atoms with Crippen LogP contribution in [0.15, 0.2) is 97.1 Å². The molecule has 0 spiro atoms. The predicted octanol–water partition coefficient (Wildman–Crippen LogP) is 7.91. The lowest BCUT2D eigenvalue weighted by molar-refractivity contribution is 0.403. The number of halogens is 1. The second-order valence-corrected chi connectivity index (χ2v) is 8.98. The van der Waals surface area contributed by atoms with Crippen molar-refractivity contribution in [2.24, 2.45) is 0 Å². The van der Waals surface area contributed by atoms with Gasteiger partial charge in [-0.2, -0.15) is 0 Å². The summed E-state index contributed by atoms with van der Waals surface area (Å²) in [5.74, 6) is 7.41. The Bertz CT molecular complexity index is 1050. The number of para-hydroxylation sites is 1. The quantitative estimate of drug-likeness (QED) is 0.304. The first-order valence-electron chi connectivity index (χ1n) is 11.5. The van der Waals surface area contributed by atoms with E-state index in [1.54, 1.807) is 0 Å². The van der Waals surface area contributed by atoms with Gasteiger partial charge in [-0.15, -0.1) is 11.6 Å². The van der Waals surface area contributed by atoms with E-state index in [1.165, 1.54) is 11.1 Å². The minimum absolute atomic E-state index is 0.0137. The van der Waals surface area contributed by atoms with Gasteiger partial charge in [-0.25, -0.2) is 0 Å². The van der Waals surface area contributed by atoms with Gasteiger partial charge in [0.15, 0.2) is 0 Å². The Labute approximate surface area is 197 Å². The van der Waals surface area contributed by atoms with Gasteiger partial charge in [0.2, 0.25) is 0 Å². The molecule has 1 nitrogen and oxygen atoms in total. The van der Waals surface area contributed by atoms with Crippen LogP contribution in [0, 0.1) is 11.8 Å². The van der Waals surface area contributed by atoms with Crippen molar-refractivity contribution < 1.29 is 0 Å². The summed E-state index contributed by atoms with van der Waals surface area (Å²) in [7, 11) is 0. The lowest BCUT2D eigenvalue weighted by Crippen LogP contribution is -2.47. The maximum atomic E-state index is 6.92. The molecule has 1 saturated carbocycles. The molecule has 1 N–H and O–H groups in total. The molecule has 0 bridgehead atoms. The van der Waals surface area contributed by atoms with Gasteiger partial charge >= 0.3 is 0 Å². The van der Waals surface area contributed by atoms with Crippen molar-refractivity contribution >= 4 is 23.4 Å². The predicted molar refractivity (Wildman–Crippen MR) is 138 cm³/mol. The van der Waals surface area contributed by atoms with Crippen LogP contribution in [-0.2, 0) is 0 Å². The summed E-state index contributed by atoms with van der Waals surface area (Å²) >= 11 is 6.92. The zero-order valence-corrected chi connectivity index (χ0v) is 19.1. The summed E-state index contributed by atoms with van der Waals surface area (Å²) in [5.41, 5.74) is 3.13. The Morgan fingerprint density at radius 1 is 0.906 bits per heavy atom. The van der Waals surface area contributed by atoms with E-state index in [-0.39, 0.29) is 11.3 Å². The standard InChI is InChI=1S/C30H30ClN/c31-29-21-10-11-23-30(29,32-28-19-8-3-9-20-28)24-22-27(26-16-6-2-7-17-26)18-12-15-25-13-4-1-5-14-25/h1-9,12-17,19-20,27,29,32H,10-11,18,21,23H2/b15-12+/t27?,29-,30-/m1/s1. The van der Waals surface area contributed by atoms with E-state index in [9.17, 15) is 0 Å². The van der Waals surface area contributed by atoms with Crippen LogP contribution in [0.4, 0.5) is 5.69 Å². The number of nitrogens with one attached hydrogen (secondary N) is 1. The maximum absolute atomic E-state index is 6.92. The highest BCUT2D eigenvalue weighted by atomic mass is 35.5. The number of allylic oxidation sites excluding steroid dienone is 1. The Balaban J connectivity index is 1.62. The van der Waals surface area contributed by atoms with Crippen molar-refractivity contribution in [3.63, 3.8) is 0 Å². The summed E-state index contributed by atoms with van der Waals surface area (Å²) in [6, 6.07) is 31.3. The zero-order valence-electron chi connectivity index (χ0n) is 18.4. The fraction of sp³-hybridized carbons (Fsp3) is 0.267. The molecule has 4 rings (SSSR count). The first-order chi connectivity index (χ1) is 15.8. The molecule has 2 heteroatoms. The van der Waals surface area contributed by atoms with Crippen molar-refractivity contribution in [2.45, 2.75) is 48.9 Å². The van der Waals surface area contributed by atoms with Crippen LogP contribution in [-0.4, -0.2) is 10.9 Å². The van der Waals surface area contributed by atoms with Gasteiger partial charge in [0.05, 0.1) is 5.38 Å². The van der Waals surface area contributed by atoms with Crippen LogP contribution in [0.3, 0.4) is 0 Å². The minimum Gasteiger partial charge on any atom is -0.368 e. The maximum Gasteiger partial charge on any atom is 0.115 e. The van der Waals surface area contributed by atoms with E-state index in [1.807, 2.05) is 12.1 Å². The molecule has 0 aromatic heterocycles. The number of anilines is 1. The molecular weight excluding hydrogens is 410 g/mol. The van der Waals surface area contributed by atoms with E-state index in [2.05, 4.69) is 108 Å². The Hall–Kier alpha value is -2.95. The SMILES string of the molecule is Cl[C@@H]1CCCC[C@]1(C#CC(C/C=C/c1ccccc1)c1ccccc1)Nc1ccccc1. The highest BCUT2D eigenvalue weighted by molar-refractivity contribution is 6.22. The van der Waals surface area contributed by atoms with Crippen LogP contribution >= 0.6 is 11.6 Å². The van der Waals surface area contributed by atoms with Gasteiger partial charge in [-0.3, -0.25) is 0 Å². The molecule has 0 saturated heterocycles. The lowest BCUT2D eigenvalue weighted by atomic mass is 9.80. The second kappa shape index (κ2) is 11.1. The summed E-state index contributed by atoms with van der Waals surface area (Å²) in [4.78, 5) is 0. The third kappa shape index (κ3) is 5.84. The number of rotatable bonds is 6. The van der Waals surface area contributed by atoms with Gasteiger partial charge in [0.25, 0.3) is 0 Å². The molecule has 1 aliphatic rings. The first kappa shape index (κ1) is 22.3. The van der Waals surface area contributed by atoms with Gasteiger partial charge in [0, 0.05) is 11.6 Å². The number of hydrogen-bond acceptors (Lipinski definition) is 1. The summed E-state index contributed by atoms with van der Waals surface area (Å²) in [6.07, 6.45) is 9.53. The molecule has 1 fully saturated rings. The van der Waals surface area contributed by atoms with E-state index in [0.29, 0.717) is 0 Å². The van der Waals surface area contributed by atoms with Gasteiger partial charge in [0.1, 0.15) is 5.54 Å². The molecule has 0 aliphatic heterocycles. The summed E-state index contributed by atoms with van der Waals surface area (Å²) in [6.45, 7) is 0. The zero-order chi connectivity index (χ0) is 22.1. The molecule has 1 unspecified atom stereocenters. The van der Waals surface area contributed by atoms with Crippen LogP contribution in [0.25, 0.3) is 6.08 Å². The average molecular weight is 440 g/mol. The van der Waals surface area contributed by atoms with Crippen molar-refractivity contribution in [3.8, 4) is 11.8 Å². The van der Waals surface area contributed by atoms with Crippen molar-refractivity contribution in [3.05, 3.63) is 108 Å². The highest BCUT2D eigenvalue weighted by Crippen LogP contribution is 2.35. The van der Waals surface area contributed by atoms with Gasteiger partial charge in [-0.1, -0.05) is 116 Å². The Morgan fingerprint density at radius 3 is 2.25 bits per heavy atom. The van der Waals surface area contributed by atoms with Crippen molar-refractivity contribution in [2.75, 3.05) is 5.32 Å². The molecule has 3 aromatic carbocycles. The molecule has 32 heavy (non-hydrogen) atoms. The third-order valence-corrected chi connectivity index (χ3v) is 6.70. The molecule has 0 radical (unpaired) electrons. The van der Waals surface area contributed by atoms with Gasteiger partial charge in [-0.05, 0) is 42.5 Å². The van der Waals surface area contributed by atoms with Gasteiger partial charge < -0.3 is 5.32 Å². The van der Waals surface area contributed by atoms with Crippen LogP contribution in [0.1, 0.15) is 49.1 Å². The normalized spacial score (nSPS) is 21.5. The Morgan fingerprint density at radius 2 is 1.56 bits per heavy atom. The third-order valence-electron chi connectivity index (χ3n) is 6.11. The van der Waals surface area contributed by atoms with Crippen LogP contribution in [0.5, 0.6) is 0 Å². The molecule has 162 valence electrons. The van der Waals surface area contributed by atoms with E-state index >= 15 is 0 Å². The molecular formula is C30H30ClN. The molecule has 0 amide bonds. The fourth-order valence-electron chi connectivity index (χ4n) is 4.31. The first-order valence-corrected chi connectivity index (χ1v) is 12.0. The smallest absolute Gasteiger partial charge is 0.115 e. The second-order valence-electron chi connectivity index (χ2n) is 8.46. The molecule has 3 aromatic rings. The van der Waals surface area contributed by atoms with Crippen LogP contribution in [0.2, 0.25) is 0 Å². The largest absolute Gasteiger partial charge is 0.368 e. The average Bonchev–Trinajstić information content (AvgIpc) is 2.85. The molecule has 0 heterocycles. The molecule has 3 atom stereocenters. The van der Waals surface area contributed by atoms with E-state index in [0.717, 1.165) is 37.8 Å². The number of benzene rings is 3. The monoisotopic (exact) mass is 439 g/mol.